The van der Waals surface area contributed by atoms with Crippen LogP contribution in [0.4, 0.5) is 5.69 Å². The van der Waals surface area contributed by atoms with E-state index in [1.54, 1.807) is 7.11 Å². The van der Waals surface area contributed by atoms with Gasteiger partial charge in [-0.25, -0.2) is 0 Å². The van der Waals surface area contributed by atoms with E-state index in [4.69, 9.17) is 10.5 Å². The molecule has 23 heavy (non-hydrogen) atoms. The highest BCUT2D eigenvalue weighted by Crippen LogP contribution is 2.20. The first-order valence-corrected chi connectivity index (χ1v) is 7.95. The summed E-state index contributed by atoms with van der Waals surface area (Å²) in [6, 6.07) is 16.7. The van der Waals surface area contributed by atoms with E-state index >= 15 is 0 Å². The Hall–Kier alpha value is -2.04. The van der Waals surface area contributed by atoms with E-state index in [1.165, 1.54) is 11.1 Å². The van der Waals surface area contributed by atoms with Crippen LogP contribution in [0, 0.1) is 0 Å². The fraction of sp³-hybridized carbons (Fsp3) is 0.368. The number of nitrogens with one attached hydrogen (secondary N) is 1. The van der Waals surface area contributed by atoms with Gasteiger partial charge < -0.3 is 20.7 Å². The van der Waals surface area contributed by atoms with Crippen molar-refractivity contribution in [1.82, 2.24) is 10.2 Å². The Morgan fingerprint density at radius 2 is 1.70 bits per heavy atom. The lowest BCUT2D eigenvalue weighted by atomic mass is 10.1. The quantitative estimate of drug-likeness (QED) is 0.581. The van der Waals surface area contributed by atoms with Crippen molar-refractivity contribution in [3.05, 3.63) is 59.7 Å². The van der Waals surface area contributed by atoms with E-state index < -0.39 is 0 Å². The van der Waals surface area contributed by atoms with Gasteiger partial charge in [-0.1, -0.05) is 24.3 Å². The van der Waals surface area contributed by atoms with Gasteiger partial charge >= 0.3 is 0 Å². The Bertz CT molecular complexity index is 579. The van der Waals surface area contributed by atoms with Crippen LogP contribution in [0.25, 0.3) is 0 Å². The van der Waals surface area contributed by atoms with Crippen molar-refractivity contribution in [2.24, 2.45) is 0 Å². The monoisotopic (exact) mass is 313 g/mol. The van der Waals surface area contributed by atoms with Crippen LogP contribution in [0.1, 0.15) is 17.2 Å². The molecule has 1 atom stereocenters. The number of benzene rings is 2. The SMILES string of the molecule is COc1ccc(C(CNCCc2ccc(N)cc2)N(C)C)cc1. The van der Waals surface area contributed by atoms with Crippen molar-refractivity contribution < 1.29 is 4.74 Å². The molecule has 0 bridgehead atoms. The molecule has 0 aliphatic carbocycles. The molecule has 2 aromatic rings. The standard InChI is InChI=1S/C19H27N3O/c1-22(2)19(16-6-10-18(23-3)11-7-16)14-21-13-12-15-4-8-17(20)9-5-15/h4-11,19,21H,12-14,20H2,1-3H3. The van der Waals surface area contributed by atoms with Crippen LogP contribution in [-0.4, -0.2) is 39.2 Å². The van der Waals surface area contributed by atoms with Crippen LogP contribution in [0.2, 0.25) is 0 Å². The van der Waals surface area contributed by atoms with Gasteiger partial charge in [0.1, 0.15) is 5.75 Å². The summed E-state index contributed by atoms with van der Waals surface area (Å²) in [5.74, 6) is 0.891. The molecule has 1 unspecified atom stereocenters. The minimum atomic E-state index is 0.340. The molecule has 0 radical (unpaired) electrons. The van der Waals surface area contributed by atoms with E-state index in [9.17, 15) is 0 Å². The van der Waals surface area contributed by atoms with Crippen LogP contribution in [0.15, 0.2) is 48.5 Å². The summed E-state index contributed by atoms with van der Waals surface area (Å²) in [6.07, 6.45) is 1.00. The summed E-state index contributed by atoms with van der Waals surface area (Å²) < 4.78 is 5.23. The lowest BCUT2D eigenvalue weighted by Gasteiger charge is -2.25. The molecule has 0 saturated heterocycles. The second-order valence-corrected chi connectivity index (χ2v) is 5.95. The first-order chi connectivity index (χ1) is 11.1. The number of anilines is 1. The zero-order valence-electron chi connectivity index (χ0n) is 14.3. The topological polar surface area (TPSA) is 50.5 Å². The third-order valence-corrected chi connectivity index (χ3v) is 4.03. The second-order valence-electron chi connectivity index (χ2n) is 5.95. The van der Waals surface area contributed by atoms with Crippen LogP contribution in [0.5, 0.6) is 5.75 Å². The highest BCUT2D eigenvalue weighted by atomic mass is 16.5. The molecule has 3 N–H and O–H groups in total. The molecule has 4 nitrogen and oxygen atoms in total. The molecular formula is C19H27N3O. The third kappa shape index (κ3) is 5.27. The number of rotatable bonds is 8. The predicted molar refractivity (Wildman–Crippen MR) is 96.9 cm³/mol. The summed E-state index contributed by atoms with van der Waals surface area (Å²) >= 11 is 0. The number of ether oxygens (including phenoxy) is 1. The van der Waals surface area contributed by atoms with E-state index in [0.717, 1.165) is 30.9 Å². The molecule has 0 heterocycles. The zero-order valence-corrected chi connectivity index (χ0v) is 14.3. The van der Waals surface area contributed by atoms with Gasteiger partial charge in [-0.3, -0.25) is 0 Å². The summed E-state index contributed by atoms with van der Waals surface area (Å²) in [5.41, 5.74) is 9.11. The molecule has 0 fully saturated rings. The maximum absolute atomic E-state index is 5.71. The number of methoxy groups -OCH3 is 1. The number of nitrogens with two attached hydrogens (primary N) is 1. The Morgan fingerprint density at radius 1 is 1.04 bits per heavy atom. The molecule has 0 aliphatic heterocycles. The molecule has 2 aromatic carbocycles. The predicted octanol–water partition coefficient (Wildman–Crippen LogP) is 2.71. The summed E-state index contributed by atoms with van der Waals surface area (Å²) in [6.45, 7) is 1.86. The van der Waals surface area contributed by atoms with Gasteiger partial charge in [0.05, 0.1) is 7.11 Å². The molecule has 4 heteroatoms. The van der Waals surface area contributed by atoms with Gasteiger partial charge in [-0.15, -0.1) is 0 Å². The van der Waals surface area contributed by atoms with Gasteiger partial charge in [0, 0.05) is 18.3 Å². The smallest absolute Gasteiger partial charge is 0.118 e. The van der Waals surface area contributed by atoms with E-state index in [2.05, 4.69) is 48.6 Å². The Kier molecular flexibility index (Phi) is 6.44. The molecule has 0 aliphatic rings. The zero-order chi connectivity index (χ0) is 16.7. The normalized spacial score (nSPS) is 12.3. The van der Waals surface area contributed by atoms with Crippen LogP contribution in [-0.2, 0) is 6.42 Å². The van der Waals surface area contributed by atoms with Crippen molar-refractivity contribution in [1.29, 1.82) is 0 Å². The van der Waals surface area contributed by atoms with E-state index in [1.807, 2.05) is 24.3 Å². The third-order valence-electron chi connectivity index (χ3n) is 4.03. The molecule has 2 rings (SSSR count). The van der Waals surface area contributed by atoms with Crippen molar-refractivity contribution in [2.45, 2.75) is 12.5 Å². The number of nitrogens with zero attached hydrogens (tertiary/aromatic N) is 1. The molecule has 0 aromatic heterocycles. The Morgan fingerprint density at radius 3 is 2.26 bits per heavy atom. The minimum absolute atomic E-state index is 0.340. The van der Waals surface area contributed by atoms with Gasteiger partial charge in [0.25, 0.3) is 0 Å². The van der Waals surface area contributed by atoms with Crippen molar-refractivity contribution in [3.63, 3.8) is 0 Å². The maximum atomic E-state index is 5.71. The Labute approximate surface area is 139 Å². The molecule has 0 saturated carbocycles. The minimum Gasteiger partial charge on any atom is -0.497 e. The number of likely N-dealkylation sites (N-methyl/N-ethyl adjacent to an activating group) is 1. The van der Waals surface area contributed by atoms with Gasteiger partial charge in [0.2, 0.25) is 0 Å². The highest BCUT2D eigenvalue weighted by molar-refractivity contribution is 5.39. The largest absolute Gasteiger partial charge is 0.497 e. The van der Waals surface area contributed by atoms with Crippen molar-refractivity contribution >= 4 is 5.69 Å². The number of hydrogen-bond donors (Lipinski definition) is 2. The van der Waals surface area contributed by atoms with Crippen molar-refractivity contribution in [3.8, 4) is 5.75 Å². The first-order valence-electron chi connectivity index (χ1n) is 7.95. The number of hydrogen-bond acceptors (Lipinski definition) is 4. The fourth-order valence-corrected chi connectivity index (χ4v) is 2.58. The van der Waals surface area contributed by atoms with Gasteiger partial charge in [0.15, 0.2) is 0 Å². The molecular weight excluding hydrogens is 286 g/mol. The van der Waals surface area contributed by atoms with Gasteiger partial charge in [-0.05, 0) is 62.5 Å². The van der Waals surface area contributed by atoms with Crippen LogP contribution in [0.3, 0.4) is 0 Å². The summed E-state index contributed by atoms with van der Waals surface area (Å²) in [7, 11) is 5.91. The van der Waals surface area contributed by atoms with Gasteiger partial charge in [-0.2, -0.15) is 0 Å². The first kappa shape index (κ1) is 17.3. The fourth-order valence-electron chi connectivity index (χ4n) is 2.58. The lowest BCUT2D eigenvalue weighted by molar-refractivity contribution is 0.289. The molecule has 0 spiro atoms. The summed E-state index contributed by atoms with van der Waals surface area (Å²) in [4.78, 5) is 2.23. The lowest BCUT2D eigenvalue weighted by Crippen LogP contribution is -2.32. The second kappa shape index (κ2) is 8.56. The molecule has 124 valence electrons. The van der Waals surface area contributed by atoms with E-state index in [0.29, 0.717) is 6.04 Å². The van der Waals surface area contributed by atoms with Crippen molar-refractivity contribution in [2.75, 3.05) is 40.0 Å². The molecule has 0 amide bonds. The van der Waals surface area contributed by atoms with E-state index in [-0.39, 0.29) is 0 Å². The average Bonchev–Trinajstić information content (AvgIpc) is 2.56. The van der Waals surface area contributed by atoms with Crippen LogP contribution >= 0.6 is 0 Å². The maximum Gasteiger partial charge on any atom is 0.118 e. The highest BCUT2D eigenvalue weighted by Gasteiger charge is 2.13. The summed E-state index contributed by atoms with van der Waals surface area (Å²) in [5, 5.41) is 3.55. The average molecular weight is 313 g/mol. The number of nitrogen functional groups attached to an aromatic ring is 1. The Balaban J connectivity index is 1.85. The van der Waals surface area contributed by atoms with Crippen LogP contribution < -0.4 is 15.8 Å².